The molecule has 0 spiro atoms. The molecule has 200 valence electrons. The van der Waals surface area contributed by atoms with Gasteiger partial charge in [-0.05, 0) is 70.9 Å². The van der Waals surface area contributed by atoms with Gasteiger partial charge in [0.1, 0.15) is 24.4 Å². The van der Waals surface area contributed by atoms with Crippen LogP contribution in [-0.4, -0.2) is 70.9 Å². The highest BCUT2D eigenvalue weighted by Crippen LogP contribution is 2.29. The third-order valence-electron chi connectivity index (χ3n) is 6.27. The van der Waals surface area contributed by atoms with Crippen LogP contribution in [0.4, 0.5) is 0 Å². The van der Waals surface area contributed by atoms with E-state index in [9.17, 15) is 4.79 Å². The Morgan fingerprint density at radius 1 is 0.973 bits per heavy atom. The number of carbonyl (C=O) groups is 1. The monoisotopic (exact) mass is 736 g/mol. The summed E-state index contributed by atoms with van der Waals surface area (Å²) in [5.41, 5.74) is 1.57. The largest absolute Gasteiger partial charge is 0.480 e. The first-order valence-electron chi connectivity index (χ1n) is 12.1. The Kier molecular flexibility index (Phi) is 10.5. The van der Waals surface area contributed by atoms with Crippen molar-refractivity contribution in [1.29, 1.82) is 0 Å². The molecule has 3 aromatic rings. The molecule has 37 heavy (non-hydrogen) atoms. The molecule has 0 unspecified atom stereocenters. The normalized spacial score (nSPS) is 16.6. The fourth-order valence-corrected chi connectivity index (χ4v) is 5.16. The van der Waals surface area contributed by atoms with E-state index in [-0.39, 0.29) is 11.8 Å². The lowest BCUT2D eigenvalue weighted by Crippen LogP contribution is -2.34. The van der Waals surface area contributed by atoms with Gasteiger partial charge in [0.2, 0.25) is 17.7 Å². The molecular formula is C24H30I2N6O5. The summed E-state index contributed by atoms with van der Waals surface area (Å²) in [4.78, 5) is 29.3. The fraction of sp³-hybridized carbons (Fsp3) is 0.542. The number of hydrogen-bond acceptors (Lipinski definition) is 9. The summed E-state index contributed by atoms with van der Waals surface area (Å²) >= 11 is 4.27. The zero-order valence-electron chi connectivity index (χ0n) is 20.8. The van der Waals surface area contributed by atoms with Crippen LogP contribution >= 0.6 is 45.2 Å². The molecule has 2 aliphatic heterocycles. The zero-order valence-corrected chi connectivity index (χ0v) is 25.1. The smallest absolute Gasteiger partial charge is 0.240 e. The van der Waals surface area contributed by atoms with Crippen LogP contribution in [0.15, 0.2) is 18.6 Å². The molecule has 0 atom stereocenters. The van der Waals surface area contributed by atoms with Gasteiger partial charge in [0.15, 0.2) is 0 Å². The van der Waals surface area contributed by atoms with E-state index >= 15 is 0 Å². The quantitative estimate of drug-likeness (QED) is 0.380. The van der Waals surface area contributed by atoms with Crippen molar-refractivity contribution in [2.45, 2.75) is 38.1 Å². The number of rotatable bonds is 6. The molecule has 0 radical (unpaired) electrons. The van der Waals surface area contributed by atoms with Crippen LogP contribution < -0.4 is 14.8 Å². The summed E-state index contributed by atoms with van der Waals surface area (Å²) in [5.74, 6) is 2.73. The second-order valence-corrected chi connectivity index (χ2v) is 10.8. The van der Waals surface area contributed by atoms with E-state index in [4.69, 9.17) is 18.9 Å². The number of imidazole rings is 1. The van der Waals surface area contributed by atoms with Crippen LogP contribution in [0.5, 0.6) is 11.8 Å². The molecule has 0 aliphatic carbocycles. The molecule has 0 saturated carbocycles. The Labute approximate surface area is 242 Å². The molecule has 2 saturated heterocycles. The number of amides is 1. The summed E-state index contributed by atoms with van der Waals surface area (Å²) in [6.45, 7) is 3.29. The highest BCUT2D eigenvalue weighted by Gasteiger charge is 2.23. The highest BCUT2D eigenvalue weighted by atomic mass is 127. The zero-order chi connectivity index (χ0) is 26.2. The van der Waals surface area contributed by atoms with Gasteiger partial charge in [0, 0.05) is 44.5 Å². The van der Waals surface area contributed by atoms with Gasteiger partial charge in [-0.15, -0.1) is 0 Å². The second kappa shape index (κ2) is 13.8. The lowest BCUT2D eigenvalue weighted by molar-refractivity contribution is -0.128. The first-order chi connectivity index (χ1) is 18.0. The molecule has 0 bridgehead atoms. The van der Waals surface area contributed by atoms with E-state index in [2.05, 4.69) is 74.8 Å². The van der Waals surface area contributed by atoms with Gasteiger partial charge in [-0.25, -0.2) is 15.0 Å². The fourth-order valence-electron chi connectivity index (χ4n) is 4.30. The number of halogens is 2. The number of carbonyl (C=O) groups excluding carboxylic acids is 1. The maximum absolute atomic E-state index is 12.0. The van der Waals surface area contributed by atoms with Crippen LogP contribution in [0.25, 0.3) is 5.52 Å². The molecular weight excluding hydrogens is 706 g/mol. The van der Waals surface area contributed by atoms with Crippen LogP contribution in [-0.2, 0) is 20.8 Å². The number of aromatic nitrogens is 5. The van der Waals surface area contributed by atoms with Gasteiger partial charge in [-0.1, -0.05) is 0 Å². The van der Waals surface area contributed by atoms with E-state index in [1.807, 2.05) is 12.4 Å². The Bertz CT molecular complexity index is 1200. The van der Waals surface area contributed by atoms with Crippen molar-refractivity contribution in [3.63, 3.8) is 0 Å². The number of nitrogens with one attached hydrogen (secondary N) is 1. The van der Waals surface area contributed by atoms with Crippen LogP contribution in [0.1, 0.15) is 43.1 Å². The maximum Gasteiger partial charge on any atom is 0.240 e. The van der Waals surface area contributed by atoms with Crippen molar-refractivity contribution < 1.29 is 23.7 Å². The molecule has 0 aromatic carbocycles. The average molecular weight is 736 g/mol. The van der Waals surface area contributed by atoms with E-state index in [1.54, 1.807) is 20.4 Å². The van der Waals surface area contributed by atoms with Gasteiger partial charge in [-0.3, -0.25) is 14.2 Å². The lowest BCUT2D eigenvalue weighted by Gasteiger charge is -2.21. The van der Waals surface area contributed by atoms with E-state index in [1.165, 1.54) is 0 Å². The summed E-state index contributed by atoms with van der Waals surface area (Å²) < 4.78 is 24.9. The van der Waals surface area contributed by atoms with Crippen LogP contribution in [0, 0.1) is 13.3 Å². The van der Waals surface area contributed by atoms with E-state index in [0.717, 1.165) is 57.6 Å². The summed E-state index contributed by atoms with van der Waals surface area (Å²) in [6.07, 6.45) is 9.12. The Morgan fingerprint density at radius 2 is 1.62 bits per heavy atom. The number of ether oxygens (including phenoxy) is 4. The molecule has 5 rings (SSSR count). The predicted octanol–water partition coefficient (Wildman–Crippen LogP) is 3.37. The third-order valence-corrected chi connectivity index (χ3v) is 7.31. The molecule has 2 aliphatic rings. The van der Waals surface area contributed by atoms with Gasteiger partial charge in [0.25, 0.3) is 0 Å². The molecule has 2 fully saturated rings. The first-order valence-corrected chi connectivity index (χ1v) is 14.2. The van der Waals surface area contributed by atoms with Gasteiger partial charge >= 0.3 is 0 Å². The second-order valence-electron chi connectivity index (χ2n) is 8.58. The molecule has 5 heterocycles. The minimum atomic E-state index is 0.0385. The maximum atomic E-state index is 12.0. The summed E-state index contributed by atoms with van der Waals surface area (Å²) in [5, 5.41) is 2.88. The van der Waals surface area contributed by atoms with Crippen LogP contribution in [0.2, 0.25) is 0 Å². The first kappa shape index (κ1) is 28.2. The van der Waals surface area contributed by atoms with Gasteiger partial charge < -0.3 is 24.3 Å². The topological polar surface area (TPSA) is 122 Å². The Morgan fingerprint density at radius 3 is 2.30 bits per heavy atom. The van der Waals surface area contributed by atoms with Crippen LogP contribution in [0.3, 0.4) is 0 Å². The number of hydrogen-bond donors (Lipinski definition) is 1. The number of fused-ring (bicyclic) bond motifs is 1. The van der Waals surface area contributed by atoms with Crippen molar-refractivity contribution in [1.82, 2.24) is 29.7 Å². The molecule has 1 N–H and O–H groups in total. The molecule has 1 amide bonds. The van der Waals surface area contributed by atoms with Crippen molar-refractivity contribution >= 4 is 56.6 Å². The number of nitrogens with zero attached hydrogens (tertiary/aromatic N) is 5. The number of methoxy groups -OCH3 is 2. The van der Waals surface area contributed by atoms with Crippen molar-refractivity contribution in [3.8, 4) is 11.8 Å². The minimum Gasteiger partial charge on any atom is -0.480 e. The minimum absolute atomic E-state index is 0.0385. The third kappa shape index (κ3) is 7.38. The molecule has 13 heteroatoms. The highest BCUT2D eigenvalue weighted by molar-refractivity contribution is 14.1. The Balaban J connectivity index is 0.000000173. The SMILES string of the molecule is COc1nc(I)cn2c(C3CCOCC3)ncc12.COc1nc(I)cnc1CNC(=O)C1CCOCC1. The van der Waals surface area contributed by atoms with Crippen molar-refractivity contribution in [3.05, 3.63) is 37.5 Å². The summed E-state index contributed by atoms with van der Waals surface area (Å²) in [7, 11) is 3.18. The standard InChI is InChI=1S/C12H16IN3O3.C12H14IN3O2/c1-18-12-9(14-7-10(13)16-12)6-15-11(17)8-2-4-19-5-3-8;1-17-12-9-6-14-11(8-2-4-18-5-3-8)16(9)7-10(13)15-12/h7-8H,2-6H2,1H3,(H,15,17);6-8H,2-5H2,1H3. The van der Waals surface area contributed by atoms with E-state index < -0.39 is 0 Å². The van der Waals surface area contributed by atoms with Crippen molar-refractivity contribution in [2.75, 3.05) is 40.6 Å². The predicted molar refractivity (Wildman–Crippen MR) is 152 cm³/mol. The summed E-state index contributed by atoms with van der Waals surface area (Å²) in [6, 6.07) is 0. The average Bonchev–Trinajstić information content (AvgIpc) is 3.36. The lowest BCUT2D eigenvalue weighted by atomic mass is 9.99. The van der Waals surface area contributed by atoms with Crippen molar-refractivity contribution in [2.24, 2.45) is 5.92 Å². The van der Waals surface area contributed by atoms with Gasteiger partial charge in [0.05, 0.1) is 33.2 Å². The van der Waals surface area contributed by atoms with Gasteiger partial charge in [-0.2, -0.15) is 0 Å². The van der Waals surface area contributed by atoms with E-state index in [0.29, 0.717) is 43.1 Å². The molecule has 11 nitrogen and oxygen atoms in total. The Hall–Kier alpha value is -1.85. The molecule has 3 aromatic heterocycles.